The minimum Gasteiger partial charge on any atom is -0.459 e. The molecule has 0 aliphatic rings. The molecule has 0 spiro atoms. The molecule has 0 heterocycles. The predicted octanol–water partition coefficient (Wildman–Crippen LogP) is 3.21. The van der Waals surface area contributed by atoms with E-state index in [2.05, 4.69) is 21.2 Å². The Morgan fingerprint density at radius 3 is 2.68 bits per heavy atom. The molecule has 0 radical (unpaired) electrons. The number of nitrogens with zero attached hydrogens (tertiary/aromatic N) is 1. The summed E-state index contributed by atoms with van der Waals surface area (Å²) in [5.74, 6) is -1.07. The lowest BCUT2D eigenvalue weighted by Gasteiger charge is -2.19. The van der Waals surface area contributed by atoms with Gasteiger partial charge in [0.25, 0.3) is 0 Å². The molecule has 0 atom stereocenters. The molecule has 0 unspecified atom stereocenters. The highest BCUT2D eigenvalue weighted by Gasteiger charge is 2.16. The fourth-order valence-electron chi connectivity index (χ4n) is 1.31. The van der Waals surface area contributed by atoms with Crippen molar-refractivity contribution >= 4 is 27.6 Å². The molecule has 0 saturated carbocycles. The van der Waals surface area contributed by atoms with Gasteiger partial charge in [0.1, 0.15) is 24.0 Å². The Hall–Kier alpha value is -1.61. The third-order valence-corrected chi connectivity index (χ3v) is 2.68. The molecule has 0 saturated heterocycles. The number of hydrogen-bond donors (Lipinski definition) is 1. The van der Waals surface area contributed by atoms with Crippen LogP contribution in [0.3, 0.4) is 0 Å². The first kappa shape index (κ1) is 15.4. The van der Waals surface area contributed by atoms with Crippen molar-refractivity contribution < 1.29 is 13.9 Å². The van der Waals surface area contributed by atoms with E-state index < -0.39 is 17.4 Å². The molecule has 19 heavy (non-hydrogen) atoms. The van der Waals surface area contributed by atoms with Crippen LogP contribution in [-0.4, -0.2) is 18.1 Å². The lowest BCUT2D eigenvalue weighted by atomic mass is 10.2. The Balaban J connectivity index is 2.72. The number of anilines is 1. The van der Waals surface area contributed by atoms with E-state index in [9.17, 15) is 9.18 Å². The number of benzene rings is 1. The Bertz CT molecular complexity index is 533. The number of ether oxygens (including phenoxy) is 1. The highest BCUT2D eigenvalue weighted by Crippen LogP contribution is 2.24. The van der Waals surface area contributed by atoms with Crippen LogP contribution < -0.4 is 5.32 Å². The van der Waals surface area contributed by atoms with Gasteiger partial charge in [-0.2, -0.15) is 5.26 Å². The maximum absolute atomic E-state index is 13.6. The largest absolute Gasteiger partial charge is 0.459 e. The molecule has 0 fully saturated rings. The van der Waals surface area contributed by atoms with Gasteiger partial charge in [0, 0.05) is 4.47 Å². The molecule has 0 aliphatic carbocycles. The third kappa shape index (κ3) is 4.87. The topological polar surface area (TPSA) is 62.1 Å². The average Bonchev–Trinajstić information content (AvgIpc) is 2.27. The van der Waals surface area contributed by atoms with Crippen LogP contribution in [0.2, 0.25) is 0 Å². The van der Waals surface area contributed by atoms with Crippen molar-refractivity contribution in [1.29, 1.82) is 5.26 Å². The first-order valence-corrected chi connectivity index (χ1v) is 6.37. The Labute approximate surface area is 119 Å². The van der Waals surface area contributed by atoms with E-state index in [4.69, 9.17) is 10.00 Å². The molecule has 1 N–H and O–H groups in total. The van der Waals surface area contributed by atoms with Gasteiger partial charge in [-0.05, 0) is 48.8 Å². The van der Waals surface area contributed by atoms with Gasteiger partial charge in [0.15, 0.2) is 0 Å². The van der Waals surface area contributed by atoms with E-state index in [0.29, 0.717) is 4.47 Å². The number of halogens is 2. The fraction of sp³-hybridized carbons (Fsp3) is 0.385. The molecular weight excluding hydrogens is 315 g/mol. The van der Waals surface area contributed by atoms with Gasteiger partial charge in [-0.3, -0.25) is 4.79 Å². The minimum absolute atomic E-state index is 0.136. The van der Waals surface area contributed by atoms with Crippen molar-refractivity contribution in [2.75, 3.05) is 11.9 Å². The molecule has 0 aromatic heterocycles. The van der Waals surface area contributed by atoms with E-state index in [1.165, 1.54) is 6.07 Å². The maximum atomic E-state index is 13.6. The summed E-state index contributed by atoms with van der Waals surface area (Å²) in [7, 11) is 0. The van der Waals surface area contributed by atoms with Crippen LogP contribution in [0.4, 0.5) is 10.1 Å². The highest BCUT2D eigenvalue weighted by molar-refractivity contribution is 9.10. The van der Waals surface area contributed by atoms with Crippen molar-refractivity contribution in [1.82, 2.24) is 0 Å². The summed E-state index contributed by atoms with van der Waals surface area (Å²) in [5.41, 5.74) is -0.250. The van der Waals surface area contributed by atoms with Crippen molar-refractivity contribution in [3.63, 3.8) is 0 Å². The zero-order valence-electron chi connectivity index (χ0n) is 10.9. The third-order valence-electron chi connectivity index (χ3n) is 2.02. The lowest BCUT2D eigenvalue weighted by Crippen LogP contribution is -2.28. The Morgan fingerprint density at radius 2 is 2.16 bits per heavy atom. The van der Waals surface area contributed by atoms with Gasteiger partial charge in [-0.15, -0.1) is 0 Å². The minimum atomic E-state index is -0.594. The molecule has 0 aliphatic heterocycles. The van der Waals surface area contributed by atoms with Crippen LogP contribution in [0.25, 0.3) is 0 Å². The number of carbonyl (C=O) groups is 1. The zero-order valence-corrected chi connectivity index (χ0v) is 12.5. The summed E-state index contributed by atoms with van der Waals surface area (Å²) in [5, 5.41) is 11.4. The number of hydrogen-bond acceptors (Lipinski definition) is 4. The number of carbonyl (C=O) groups excluding carboxylic acids is 1. The second kappa shape index (κ2) is 6.02. The molecule has 1 aromatic rings. The standard InChI is InChI=1S/C13H14BrFN2O2/c1-13(2,3)19-12(18)7-17-11-5-9(14)8(6-16)4-10(11)15/h4-5,17H,7H2,1-3H3. The van der Waals surface area contributed by atoms with E-state index in [0.717, 1.165) is 6.07 Å². The lowest BCUT2D eigenvalue weighted by molar-refractivity contribution is -0.152. The number of nitriles is 1. The summed E-state index contributed by atoms with van der Waals surface area (Å²) in [6.45, 7) is 5.11. The van der Waals surface area contributed by atoms with Gasteiger partial charge < -0.3 is 10.1 Å². The summed E-state index contributed by atoms with van der Waals surface area (Å²) in [6, 6.07) is 4.37. The normalized spacial score (nSPS) is 10.7. The SMILES string of the molecule is CC(C)(C)OC(=O)CNc1cc(Br)c(C#N)cc1F. The molecule has 4 nitrogen and oxygen atoms in total. The van der Waals surface area contributed by atoms with Gasteiger partial charge in [-0.1, -0.05) is 0 Å². The summed E-state index contributed by atoms with van der Waals surface area (Å²) < 4.78 is 19.2. The summed E-state index contributed by atoms with van der Waals surface area (Å²) >= 11 is 3.15. The second-order valence-electron chi connectivity index (χ2n) is 4.86. The molecule has 0 bridgehead atoms. The van der Waals surface area contributed by atoms with Gasteiger partial charge in [-0.25, -0.2) is 4.39 Å². The van der Waals surface area contributed by atoms with E-state index in [-0.39, 0.29) is 17.8 Å². The molecule has 0 amide bonds. The van der Waals surface area contributed by atoms with E-state index >= 15 is 0 Å². The maximum Gasteiger partial charge on any atom is 0.325 e. The van der Waals surface area contributed by atoms with Crippen LogP contribution in [0.15, 0.2) is 16.6 Å². The van der Waals surface area contributed by atoms with Crippen LogP contribution in [0.5, 0.6) is 0 Å². The Kier molecular flexibility index (Phi) is 4.90. The van der Waals surface area contributed by atoms with Crippen molar-refractivity contribution in [3.8, 4) is 6.07 Å². The first-order valence-electron chi connectivity index (χ1n) is 5.58. The van der Waals surface area contributed by atoms with E-state index in [1.54, 1.807) is 20.8 Å². The molecular formula is C13H14BrFN2O2. The van der Waals surface area contributed by atoms with Gasteiger partial charge >= 0.3 is 5.97 Å². The molecule has 1 aromatic carbocycles. The smallest absolute Gasteiger partial charge is 0.325 e. The van der Waals surface area contributed by atoms with Crippen molar-refractivity contribution in [2.45, 2.75) is 26.4 Å². The second-order valence-corrected chi connectivity index (χ2v) is 5.72. The van der Waals surface area contributed by atoms with Crippen LogP contribution in [0, 0.1) is 17.1 Å². The number of esters is 1. The van der Waals surface area contributed by atoms with Crippen LogP contribution >= 0.6 is 15.9 Å². The summed E-state index contributed by atoms with van der Waals surface area (Å²) in [4.78, 5) is 11.5. The van der Waals surface area contributed by atoms with Crippen molar-refractivity contribution in [3.05, 3.63) is 28.0 Å². The fourth-order valence-corrected chi connectivity index (χ4v) is 1.75. The van der Waals surface area contributed by atoms with Crippen LogP contribution in [0.1, 0.15) is 26.3 Å². The number of nitrogens with one attached hydrogen (secondary N) is 1. The monoisotopic (exact) mass is 328 g/mol. The molecule has 102 valence electrons. The molecule has 6 heteroatoms. The molecule has 1 rings (SSSR count). The quantitative estimate of drug-likeness (QED) is 0.865. The van der Waals surface area contributed by atoms with Gasteiger partial charge in [0.2, 0.25) is 0 Å². The van der Waals surface area contributed by atoms with Gasteiger partial charge in [0.05, 0.1) is 11.3 Å². The van der Waals surface area contributed by atoms with Crippen LogP contribution in [-0.2, 0) is 9.53 Å². The summed E-state index contributed by atoms with van der Waals surface area (Å²) in [6.07, 6.45) is 0. The average molecular weight is 329 g/mol. The van der Waals surface area contributed by atoms with Crippen molar-refractivity contribution in [2.24, 2.45) is 0 Å². The first-order chi connectivity index (χ1) is 8.73. The van der Waals surface area contributed by atoms with E-state index in [1.807, 2.05) is 6.07 Å². The highest BCUT2D eigenvalue weighted by atomic mass is 79.9. The zero-order chi connectivity index (χ0) is 14.6. The Morgan fingerprint density at radius 1 is 1.53 bits per heavy atom. The number of rotatable bonds is 3. The predicted molar refractivity (Wildman–Crippen MR) is 73.1 cm³/mol.